The lowest BCUT2D eigenvalue weighted by Crippen LogP contribution is -2.35. The largest absolute Gasteiger partial charge is 0.496 e. The fraction of sp³-hybridized carbons (Fsp3) is 0.318. The van der Waals surface area contributed by atoms with Crippen molar-refractivity contribution in [3.63, 3.8) is 0 Å². The van der Waals surface area contributed by atoms with Gasteiger partial charge in [-0.25, -0.2) is 4.98 Å². The summed E-state index contributed by atoms with van der Waals surface area (Å²) in [7, 11) is 1.70. The van der Waals surface area contributed by atoms with E-state index in [0.29, 0.717) is 24.5 Å². The molecule has 0 saturated heterocycles. The second-order valence-corrected chi connectivity index (χ2v) is 7.19. The molecular weight excluding hydrogens is 352 g/mol. The van der Waals surface area contributed by atoms with E-state index in [0.717, 1.165) is 30.1 Å². The van der Waals surface area contributed by atoms with Crippen molar-refractivity contribution >= 4 is 0 Å². The van der Waals surface area contributed by atoms with Crippen LogP contribution in [-0.2, 0) is 19.5 Å². The molecule has 1 aliphatic heterocycles. The van der Waals surface area contributed by atoms with Gasteiger partial charge in [-0.05, 0) is 55.2 Å². The predicted octanol–water partition coefficient (Wildman–Crippen LogP) is 3.02. The van der Waals surface area contributed by atoms with Gasteiger partial charge >= 0.3 is 0 Å². The lowest BCUT2D eigenvalue weighted by atomic mass is 10.0. The van der Waals surface area contributed by atoms with Crippen molar-refractivity contribution in [1.29, 1.82) is 0 Å². The Hall–Kier alpha value is -2.99. The summed E-state index contributed by atoms with van der Waals surface area (Å²) in [5, 5.41) is 0. The molecule has 1 aromatic carbocycles. The third kappa shape index (κ3) is 3.43. The van der Waals surface area contributed by atoms with Crippen molar-refractivity contribution in [1.82, 2.24) is 19.9 Å². The SMILES string of the molecule is COc1ccc(CN2CCc3c(nc(-c4ccccn4)[nH]c3=O)C2)c(C)c1C. The van der Waals surface area contributed by atoms with Gasteiger partial charge in [0.2, 0.25) is 0 Å². The molecule has 0 spiro atoms. The van der Waals surface area contributed by atoms with E-state index in [9.17, 15) is 4.79 Å². The lowest BCUT2D eigenvalue weighted by molar-refractivity contribution is 0.240. The fourth-order valence-electron chi connectivity index (χ4n) is 3.74. The molecule has 3 heterocycles. The van der Waals surface area contributed by atoms with E-state index in [1.54, 1.807) is 13.3 Å². The number of nitrogens with zero attached hydrogens (tertiary/aromatic N) is 3. The topological polar surface area (TPSA) is 71.1 Å². The Bertz CT molecular complexity index is 1060. The van der Waals surface area contributed by atoms with E-state index >= 15 is 0 Å². The number of fused-ring (bicyclic) bond motifs is 1. The molecule has 1 aliphatic rings. The number of hydrogen-bond donors (Lipinski definition) is 1. The average molecular weight is 376 g/mol. The third-order valence-corrected chi connectivity index (χ3v) is 5.52. The highest BCUT2D eigenvalue weighted by Crippen LogP contribution is 2.26. The molecule has 0 unspecified atom stereocenters. The average Bonchev–Trinajstić information content (AvgIpc) is 2.72. The number of nitrogens with one attached hydrogen (secondary N) is 1. The third-order valence-electron chi connectivity index (χ3n) is 5.52. The van der Waals surface area contributed by atoms with E-state index in [1.807, 2.05) is 24.3 Å². The quantitative estimate of drug-likeness (QED) is 0.758. The summed E-state index contributed by atoms with van der Waals surface area (Å²) in [6.07, 6.45) is 2.41. The minimum atomic E-state index is -0.0539. The molecule has 0 radical (unpaired) electrons. The zero-order valence-corrected chi connectivity index (χ0v) is 16.5. The number of H-pyrrole nitrogens is 1. The smallest absolute Gasteiger partial charge is 0.254 e. The van der Waals surface area contributed by atoms with Gasteiger partial charge in [0.1, 0.15) is 11.4 Å². The second-order valence-electron chi connectivity index (χ2n) is 7.19. The highest BCUT2D eigenvalue weighted by atomic mass is 16.5. The Kier molecular flexibility index (Phi) is 4.96. The van der Waals surface area contributed by atoms with Crippen molar-refractivity contribution in [3.8, 4) is 17.3 Å². The number of benzene rings is 1. The zero-order chi connectivity index (χ0) is 19.7. The summed E-state index contributed by atoms with van der Waals surface area (Å²) in [6.45, 7) is 6.54. The Morgan fingerprint density at radius 1 is 1.18 bits per heavy atom. The molecular formula is C22H24N4O2. The van der Waals surface area contributed by atoms with Crippen LogP contribution in [0, 0.1) is 13.8 Å². The van der Waals surface area contributed by atoms with Crippen LogP contribution in [0.1, 0.15) is 27.9 Å². The molecule has 0 aliphatic carbocycles. The summed E-state index contributed by atoms with van der Waals surface area (Å²) in [5.74, 6) is 1.45. The van der Waals surface area contributed by atoms with Gasteiger partial charge in [0.15, 0.2) is 5.82 Å². The molecule has 1 N–H and O–H groups in total. The van der Waals surface area contributed by atoms with E-state index in [-0.39, 0.29) is 5.56 Å². The number of pyridine rings is 1. The van der Waals surface area contributed by atoms with E-state index < -0.39 is 0 Å². The Balaban J connectivity index is 1.60. The molecule has 4 rings (SSSR count). The molecule has 0 fully saturated rings. The summed E-state index contributed by atoms with van der Waals surface area (Å²) in [6, 6.07) is 9.75. The molecule has 6 nitrogen and oxygen atoms in total. The minimum absolute atomic E-state index is 0.0539. The molecule has 28 heavy (non-hydrogen) atoms. The van der Waals surface area contributed by atoms with Crippen molar-refractivity contribution < 1.29 is 4.74 Å². The molecule has 0 saturated carbocycles. The van der Waals surface area contributed by atoms with E-state index in [1.165, 1.54) is 16.7 Å². The second kappa shape index (κ2) is 7.56. The number of methoxy groups -OCH3 is 1. The van der Waals surface area contributed by atoms with Crippen molar-refractivity contribution in [2.24, 2.45) is 0 Å². The van der Waals surface area contributed by atoms with Crippen molar-refractivity contribution in [3.05, 3.63) is 74.8 Å². The lowest BCUT2D eigenvalue weighted by Gasteiger charge is -2.28. The Morgan fingerprint density at radius 3 is 2.79 bits per heavy atom. The van der Waals surface area contributed by atoms with Crippen LogP contribution in [0.15, 0.2) is 41.3 Å². The van der Waals surface area contributed by atoms with Crippen LogP contribution in [-0.4, -0.2) is 33.5 Å². The van der Waals surface area contributed by atoms with Gasteiger partial charge in [-0.1, -0.05) is 12.1 Å². The number of aromatic amines is 1. The molecule has 3 aromatic rings. The fourth-order valence-corrected chi connectivity index (χ4v) is 3.74. The van der Waals surface area contributed by atoms with Crippen LogP contribution in [0.4, 0.5) is 0 Å². The first-order valence-corrected chi connectivity index (χ1v) is 9.45. The van der Waals surface area contributed by atoms with Gasteiger partial charge in [-0.2, -0.15) is 0 Å². The highest BCUT2D eigenvalue weighted by molar-refractivity contribution is 5.49. The molecule has 2 aromatic heterocycles. The maximum Gasteiger partial charge on any atom is 0.254 e. The van der Waals surface area contributed by atoms with Gasteiger partial charge < -0.3 is 9.72 Å². The van der Waals surface area contributed by atoms with Gasteiger partial charge in [0, 0.05) is 31.4 Å². The van der Waals surface area contributed by atoms with Crippen LogP contribution in [0.25, 0.3) is 11.5 Å². The monoisotopic (exact) mass is 376 g/mol. The van der Waals surface area contributed by atoms with Gasteiger partial charge in [0.05, 0.1) is 12.8 Å². The van der Waals surface area contributed by atoms with Gasteiger partial charge in [-0.15, -0.1) is 0 Å². The first kappa shape index (κ1) is 18.4. The predicted molar refractivity (Wildman–Crippen MR) is 108 cm³/mol. The van der Waals surface area contributed by atoms with Crippen molar-refractivity contribution in [2.45, 2.75) is 33.4 Å². The standard InChI is InChI=1S/C22H24N4O2/c1-14-15(2)20(28-3)8-7-16(14)12-26-11-9-17-19(13-26)24-21(25-22(17)27)18-6-4-5-10-23-18/h4-8,10H,9,11-13H2,1-3H3,(H,24,25,27). The molecule has 6 heteroatoms. The number of hydrogen-bond acceptors (Lipinski definition) is 5. The van der Waals surface area contributed by atoms with Crippen LogP contribution >= 0.6 is 0 Å². The van der Waals surface area contributed by atoms with Crippen molar-refractivity contribution in [2.75, 3.05) is 13.7 Å². The van der Waals surface area contributed by atoms with Crippen LogP contribution < -0.4 is 10.3 Å². The highest BCUT2D eigenvalue weighted by Gasteiger charge is 2.22. The maximum absolute atomic E-state index is 12.5. The van der Waals surface area contributed by atoms with Gasteiger partial charge in [-0.3, -0.25) is 14.7 Å². The molecule has 0 atom stereocenters. The number of rotatable bonds is 4. The van der Waals surface area contributed by atoms with Crippen LogP contribution in [0.3, 0.4) is 0 Å². The Morgan fingerprint density at radius 2 is 2.04 bits per heavy atom. The molecule has 144 valence electrons. The normalized spacial score (nSPS) is 14.0. The molecule has 0 amide bonds. The van der Waals surface area contributed by atoms with Gasteiger partial charge in [0.25, 0.3) is 5.56 Å². The minimum Gasteiger partial charge on any atom is -0.496 e. The first-order valence-electron chi connectivity index (χ1n) is 9.45. The molecule has 0 bridgehead atoms. The summed E-state index contributed by atoms with van der Waals surface area (Å²) in [4.78, 5) is 26.8. The van der Waals surface area contributed by atoms with E-state index in [2.05, 4.69) is 34.8 Å². The first-order chi connectivity index (χ1) is 13.6. The van der Waals surface area contributed by atoms with Crippen LogP contribution in [0.5, 0.6) is 5.75 Å². The summed E-state index contributed by atoms with van der Waals surface area (Å²) < 4.78 is 5.42. The summed E-state index contributed by atoms with van der Waals surface area (Å²) in [5.41, 5.74) is 5.96. The van der Waals surface area contributed by atoms with Crippen LogP contribution in [0.2, 0.25) is 0 Å². The maximum atomic E-state index is 12.5. The number of ether oxygens (including phenoxy) is 1. The van der Waals surface area contributed by atoms with E-state index in [4.69, 9.17) is 9.72 Å². The number of aromatic nitrogens is 3. The summed E-state index contributed by atoms with van der Waals surface area (Å²) >= 11 is 0. The Labute approximate surface area is 164 Å². The zero-order valence-electron chi connectivity index (χ0n) is 16.5.